The number of pyridine rings is 1. The zero-order valence-corrected chi connectivity index (χ0v) is 14.4. The molecule has 2 heterocycles. The van der Waals surface area contributed by atoms with Gasteiger partial charge in [0, 0.05) is 23.9 Å². The summed E-state index contributed by atoms with van der Waals surface area (Å²) in [6.07, 6.45) is 2.58. The normalized spacial score (nSPS) is 10.8. The standard InChI is InChI=1S/C20H21N3O2/c1-14-11-15(2)23(22-14)13-17-5-9-19(21-12-17)18-7-3-16(4-8-18)6-10-20(24)25/h3-5,7-9,11-12H,6,10,13H2,1-2H3,(H,24,25). The summed E-state index contributed by atoms with van der Waals surface area (Å²) in [5.41, 5.74) is 6.21. The van der Waals surface area contributed by atoms with E-state index in [-0.39, 0.29) is 6.42 Å². The monoisotopic (exact) mass is 335 g/mol. The topological polar surface area (TPSA) is 68.0 Å². The number of nitrogens with zero attached hydrogens (tertiary/aromatic N) is 3. The molecule has 3 rings (SSSR count). The van der Waals surface area contributed by atoms with Crippen molar-refractivity contribution in [3.8, 4) is 11.3 Å². The van der Waals surface area contributed by atoms with E-state index in [1.165, 1.54) is 0 Å². The first-order valence-electron chi connectivity index (χ1n) is 8.28. The number of carbonyl (C=O) groups is 1. The second-order valence-corrected chi connectivity index (χ2v) is 6.23. The molecule has 1 N–H and O–H groups in total. The molecule has 0 unspecified atom stereocenters. The van der Waals surface area contributed by atoms with Gasteiger partial charge in [-0.2, -0.15) is 5.10 Å². The number of rotatable bonds is 6. The molecule has 0 radical (unpaired) electrons. The number of hydrogen-bond donors (Lipinski definition) is 1. The van der Waals surface area contributed by atoms with Crippen molar-refractivity contribution >= 4 is 5.97 Å². The Labute approximate surface area is 147 Å². The highest BCUT2D eigenvalue weighted by molar-refractivity contribution is 5.67. The fraction of sp³-hybridized carbons (Fsp3) is 0.250. The van der Waals surface area contributed by atoms with Gasteiger partial charge in [-0.15, -0.1) is 0 Å². The fourth-order valence-corrected chi connectivity index (χ4v) is 2.79. The van der Waals surface area contributed by atoms with Gasteiger partial charge < -0.3 is 5.11 Å². The van der Waals surface area contributed by atoms with Gasteiger partial charge in [-0.3, -0.25) is 14.5 Å². The Kier molecular flexibility index (Phi) is 4.93. The highest BCUT2D eigenvalue weighted by Crippen LogP contribution is 2.19. The molecule has 5 nitrogen and oxygen atoms in total. The van der Waals surface area contributed by atoms with Gasteiger partial charge in [0.1, 0.15) is 0 Å². The molecule has 0 saturated heterocycles. The van der Waals surface area contributed by atoms with Crippen LogP contribution in [0.5, 0.6) is 0 Å². The summed E-state index contributed by atoms with van der Waals surface area (Å²) in [6, 6.07) is 14.0. The predicted octanol–water partition coefficient (Wildman–Crippen LogP) is 3.63. The van der Waals surface area contributed by atoms with Gasteiger partial charge in [-0.05, 0) is 43.5 Å². The lowest BCUT2D eigenvalue weighted by Gasteiger charge is -2.07. The lowest BCUT2D eigenvalue weighted by Crippen LogP contribution is -2.04. The number of benzene rings is 1. The highest BCUT2D eigenvalue weighted by atomic mass is 16.4. The molecule has 2 aromatic heterocycles. The number of carboxylic acid groups (broad SMARTS) is 1. The molecule has 1 aromatic carbocycles. The van der Waals surface area contributed by atoms with Gasteiger partial charge >= 0.3 is 5.97 Å². The molecule has 5 heteroatoms. The number of carboxylic acids is 1. The number of aryl methyl sites for hydroxylation is 3. The molecule has 0 bridgehead atoms. The van der Waals surface area contributed by atoms with E-state index in [9.17, 15) is 4.79 Å². The van der Waals surface area contributed by atoms with Gasteiger partial charge in [0.2, 0.25) is 0 Å². The molecule has 0 aliphatic heterocycles. The van der Waals surface area contributed by atoms with Crippen molar-refractivity contribution in [1.82, 2.24) is 14.8 Å². The van der Waals surface area contributed by atoms with Crippen LogP contribution >= 0.6 is 0 Å². The maximum Gasteiger partial charge on any atom is 0.303 e. The maximum absolute atomic E-state index is 10.6. The van der Waals surface area contributed by atoms with Gasteiger partial charge in [0.15, 0.2) is 0 Å². The van der Waals surface area contributed by atoms with E-state index >= 15 is 0 Å². The van der Waals surface area contributed by atoms with Crippen LogP contribution in [0.3, 0.4) is 0 Å². The smallest absolute Gasteiger partial charge is 0.303 e. The summed E-state index contributed by atoms with van der Waals surface area (Å²) >= 11 is 0. The summed E-state index contributed by atoms with van der Waals surface area (Å²) in [7, 11) is 0. The lowest BCUT2D eigenvalue weighted by molar-refractivity contribution is -0.136. The zero-order valence-electron chi connectivity index (χ0n) is 14.4. The van der Waals surface area contributed by atoms with Crippen molar-refractivity contribution in [2.45, 2.75) is 33.2 Å². The van der Waals surface area contributed by atoms with Crippen molar-refractivity contribution in [3.63, 3.8) is 0 Å². The van der Waals surface area contributed by atoms with Crippen LogP contribution in [0.25, 0.3) is 11.3 Å². The van der Waals surface area contributed by atoms with Crippen LogP contribution in [-0.2, 0) is 17.8 Å². The predicted molar refractivity (Wildman–Crippen MR) is 96.4 cm³/mol. The lowest BCUT2D eigenvalue weighted by atomic mass is 10.0. The van der Waals surface area contributed by atoms with Crippen LogP contribution in [0.2, 0.25) is 0 Å². The van der Waals surface area contributed by atoms with E-state index in [4.69, 9.17) is 5.11 Å². The van der Waals surface area contributed by atoms with E-state index in [0.29, 0.717) is 13.0 Å². The highest BCUT2D eigenvalue weighted by Gasteiger charge is 2.05. The first-order chi connectivity index (χ1) is 12.0. The van der Waals surface area contributed by atoms with Gasteiger partial charge in [0.25, 0.3) is 0 Å². The molecule has 0 atom stereocenters. The number of aromatic nitrogens is 3. The van der Waals surface area contributed by atoms with E-state index in [0.717, 1.165) is 33.8 Å². The first kappa shape index (κ1) is 16.9. The molecule has 128 valence electrons. The van der Waals surface area contributed by atoms with Crippen LogP contribution in [0.15, 0.2) is 48.7 Å². The van der Waals surface area contributed by atoms with E-state index in [2.05, 4.69) is 22.2 Å². The van der Waals surface area contributed by atoms with E-state index in [1.807, 2.05) is 55.1 Å². The Morgan fingerprint density at radius 2 is 1.80 bits per heavy atom. The van der Waals surface area contributed by atoms with Crippen molar-refractivity contribution < 1.29 is 9.90 Å². The summed E-state index contributed by atoms with van der Waals surface area (Å²) < 4.78 is 1.98. The van der Waals surface area contributed by atoms with Crippen molar-refractivity contribution in [1.29, 1.82) is 0 Å². The Hall–Kier alpha value is -2.95. The second-order valence-electron chi connectivity index (χ2n) is 6.23. The third-order valence-corrected chi connectivity index (χ3v) is 4.14. The van der Waals surface area contributed by atoms with Crippen LogP contribution < -0.4 is 0 Å². The van der Waals surface area contributed by atoms with Gasteiger partial charge in [-0.25, -0.2) is 0 Å². The largest absolute Gasteiger partial charge is 0.481 e. The minimum Gasteiger partial charge on any atom is -0.481 e. The number of hydrogen-bond acceptors (Lipinski definition) is 3. The van der Waals surface area contributed by atoms with Crippen LogP contribution in [0.4, 0.5) is 0 Å². The molecule has 0 aliphatic carbocycles. The summed E-state index contributed by atoms with van der Waals surface area (Å²) in [5, 5.41) is 13.2. The first-order valence-corrected chi connectivity index (χ1v) is 8.28. The quantitative estimate of drug-likeness (QED) is 0.747. The molecular weight excluding hydrogens is 314 g/mol. The summed E-state index contributed by atoms with van der Waals surface area (Å²) in [6.45, 7) is 4.75. The average molecular weight is 335 g/mol. The van der Waals surface area contributed by atoms with Gasteiger partial charge in [-0.1, -0.05) is 30.3 Å². The summed E-state index contributed by atoms with van der Waals surface area (Å²) in [4.78, 5) is 15.2. The third-order valence-electron chi connectivity index (χ3n) is 4.14. The minimum atomic E-state index is -0.774. The number of aliphatic carboxylic acids is 1. The van der Waals surface area contributed by atoms with Crippen LogP contribution in [0.1, 0.15) is 28.9 Å². The van der Waals surface area contributed by atoms with Crippen LogP contribution in [-0.4, -0.2) is 25.8 Å². The average Bonchev–Trinajstić information content (AvgIpc) is 2.91. The molecule has 0 aliphatic rings. The summed E-state index contributed by atoms with van der Waals surface area (Å²) in [5.74, 6) is -0.774. The molecule has 0 fully saturated rings. The minimum absolute atomic E-state index is 0.151. The van der Waals surface area contributed by atoms with Gasteiger partial charge in [0.05, 0.1) is 17.9 Å². The van der Waals surface area contributed by atoms with Crippen molar-refractivity contribution in [3.05, 3.63) is 71.2 Å². The molecule has 3 aromatic rings. The molecule has 0 spiro atoms. The SMILES string of the molecule is Cc1cc(C)n(Cc2ccc(-c3ccc(CCC(=O)O)cc3)nc2)n1. The Bertz CT molecular complexity index is 865. The van der Waals surface area contributed by atoms with E-state index in [1.54, 1.807) is 0 Å². The van der Waals surface area contributed by atoms with E-state index < -0.39 is 5.97 Å². The molecule has 0 saturated carbocycles. The molecule has 25 heavy (non-hydrogen) atoms. The fourth-order valence-electron chi connectivity index (χ4n) is 2.79. The molecule has 0 amide bonds. The molecular formula is C20H21N3O2. The Morgan fingerprint density at radius 3 is 2.36 bits per heavy atom. The van der Waals surface area contributed by atoms with Crippen LogP contribution in [0, 0.1) is 13.8 Å². The third kappa shape index (κ3) is 4.32. The van der Waals surface area contributed by atoms with Crippen molar-refractivity contribution in [2.75, 3.05) is 0 Å². The Balaban J connectivity index is 1.69. The Morgan fingerprint density at radius 1 is 1.08 bits per heavy atom. The van der Waals surface area contributed by atoms with Crippen molar-refractivity contribution in [2.24, 2.45) is 0 Å². The zero-order chi connectivity index (χ0) is 17.8. The second kappa shape index (κ2) is 7.30. The maximum atomic E-state index is 10.6.